The quantitative estimate of drug-likeness (QED) is 0.561. The molecule has 3 heteroatoms. The Bertz CT molecular complexity index is 347. The molecule has 3 atom stereocenters. The molecule has 0 N–H and O–H groups in total. The maximum Gasteiger partial charge on any atom is 0.302 e. The second kappa shape index (κ2) is 4.03. The zero-order chi connectivity index (χ0) is 10.8. The van der Waals surface area contributed by atoms with Crippen molar-refractivity contribution in [1.82, 2.24) is 0 Å². The maximum absolute atomic E-state index is 10.8. The van der Waals surface area contributed by atoms with E-state index in [0.717, 1.165) is 5.56 Å². The molecule has 1 aromatic rings. The van der Waals surface area contributed by atoms with Gasteiger partial charge in [-0.05, 0) is 12.5 Å². The number of carbonyl (C=O) groups is 1. The molecule has 0 amide bonds. The summed E-state index contributed by atoms with van der Waals surface area (Å²) in [6.45, 7) is 3.27. The van der Waals surface area contributed by atoms with Crippen molar-refractivity contribution in [2.24, 2.45) is 0 Å². The van der Waals surface area contributed by atoms with Gasteiger partial charge in [0.05, 0.1) is 0 Å². The summed E-state index contributed by atoms with van der Waals surface area (Å²) in [7, 11) is 0. The molecule has 0 aliphatic carbocycles. The van der Waals surface area contributed by atoms with Crippen LogP contribution in [0.4, 0.5) is 0 Å². The van der Waals surface area contributed by atoms with Crippen molar-refractivity contribution in [2.45, 2.75) is 32.2 Å². The van der Waals surface area contributed by atoms with Crippen LogP contribution in [0.5, 0.6) is 0 Å². The molecule has 0 unspecified atom stereocenters. The Balaban J connectivity index is 1.93. The van der Waals surface area contributed by atoms with Crippen molar-refractivity contribution in [2.75, 3.05) is 0 Å². The Morgan fingerprint density at radius 1 is 1.40 bits per heavy atom. The predicted molar refractivity (Wildman–Crippen MR) is 55.3 cm³/mol. The highest BCUT2D eigenvalue weighted by Gasteiger charge is 2.45. The van der Waals surface area contributed by atoms with Crippen LogP contribution in [0.1, 0.15) is 25.5 Å². The fourth-order valence-electron chi connectivity index (χ4n) is 1.72. The van der Waals surface area contributed by atoms with Crippen LogP contribution in [-0.2, 0) is 14.3 Å². The summed E-state index contributed by atoms with van der Waals surface area (Å²) >= 11 is 0. The van der Waals surface area contributed by atoms with Gasteiger partial charge in [-0.3, -0.25) is 4.79 Å². The van der Waals surface area contributed by atoms with Gasteiger partial charge in [0.15, 0.2) is 0 Å². The van der Waals surface area contributed by atoms with Gasteiger partial charge in [-0.2, -0.15) is 0 Å². The van der Waals surface area contributed by atoms with Crippen LogP contribution in [0.3, 0.4) is 0 Å². The smallest absolute Gasteiger partial charge is 0.302 e. The molecule has 3 nitrogen and oxygen atoms in total. The van der Waals surface area contributed by atoms with E-state index in [1.807, 2.05) is 37.3 Å². The molecule has 0 saturated carbocycles. The van der Waals surface area contributed by atoms with Crippen LogP contribution in [0.2, 0.25) is 0 Å². The molecule has 1 fully saturated rings. The predicted octanol–water partition coefficient (Wildman–Crippen LogP) is 2.08. The summed E-state index contributed by atoms with van der Waals surface area (Å²) in [5.41, 5.74) is 1.14. The molecule has 1 aliphatic rings. The van der Waals surface area contributed by atoms with E-state index in [1.54, 1.807) is 0 Å². The van der Waals surface area contributed by atoms with Crippen molar-refractivity contribution in [3.05, 3.63) is 35.9 Å². The maximum atomic E-state index is 10.8. The Morgan fingerprint density at radius 3 is 2.67 bits per heavy atom. The molecule has 0 aromatic heterocycles. The van der Waals surface area contributed by atoms with Gasteiger partial charge in [0, 0.05) is 6.92 Å². The van der Waals surface area contributed by atoms with Crippen LogP contribution < -0.4 is 0 Å². The van der Waals surface area contributed by atoms with Crippen LogP contribution >= 0.6 is 0 Å². The fourth-order valence-corrected chi connectivity index (χ4v) is 1.72. The third kappa shape index (κ3) is 2.36. The van der Waals surface area contributed by atoms with E-state index in [1.165, 1.54) is 6.92 Å². The van der Waals surface area contributed by atoms with Crippen LogP contribution in [0.15, 0.2) is 30.3 Å². The minimum absolute atomic E-state index is 0.0105. The second-order valence-electron chi connectivity index (χ2n) is 3.75. The third-order valence-corrected chi connectivity index (χ3v) is 2.47. The second-order valence-corrected chi connectivity index (χ2v) is 3.75. The normalized spacial score (nSPS) is 25.7. The molecular formula is C12H14O3. The molecule has 0 spiro atoms. The first-order valence-corrected chi connectivity index (χ1v) is 5.06. The van der Waals surface area contributed by atoms with Gasteiger partial charge >= 0.3 is 5.97 Å². The van der Waals surface area contributed by atoms with E-state index in [0.29, 0.717) is 0 Å². The number of hydrogen-bond acceptors (Lipinski definition) is 3. The van der Waals surface area contributed by atoms with Gasteiger partial charge in [0.2, 0.25) is 0 Å². The lowest BCUT2D eigenvalue weighted by molar-refractivity contribution is -0.146. The van der Waals surface area contributed by atoms with Gasteiger partial charge in [-0.15, -0.1) is 0 Å². The summed E-state index contributed by atoms with van der Waals surface area (Å²) in [6, 6.07) is 9.96. The molecule has 80 valence electrons. The number of hydrogen-bond donors (Lipinski definition) is 0. The standard InChI is InChI=1S/C12H14O3/c1-8(14-9(2)13)11-12(15-11)10-6-4-3-5-7-10/h3-8,11-12H,1-2H3/t8-,11+,12+/m0/s1. The summed E-state index contributed by atoms with van der Waals surface area (Å²) in [4.78, 5) is 10.8. The number of epoxide rings is 1. The van der Waals surface area contributed by atoms with Crippen LogP contribution in [-0.4, -0.2) is 18.2 Å². The van der Waals surface area contributed by atoms with Crippen LogP contribution in [0, 0.1) is 0 Å². The molecule has 0 bridgehead atoms. The minimum Gasteiger partial charge on any atom is -0.460 e. The van der Waals surface area contributed by atoms with E-state index >= 15 is 0 Å². The number of carbonyl (C=O) groups excluding carboxylic acids is 1. The van der Waals surface area contributed by atoms with E-state index in [9.17, 15) is 4.79 Å². The Labute approximate surface area is 89.0 Å². The van der Waals surface area contributed by atoms with Crippen molar-refractivity contribution in [1.29, 1.82) is 0 Å². The molecule has 1 aromatic carbocycles. The molecule has 0 radical (unpaired) electrons. The number of esters is 1. The van der Waals surface area contributed by atoms with Gasteiger partial charge in [-0.25, -0.2) is 0 Å². The zero-order valence-electron chi connectivity index (χ0n) is 8.84. The van der Waals surface area contributed by atoms with Crippen molar-refractivity contribution >= 4 is 5.97 Å². The minimum atomic E-state index is -0.259. The SMILES string of the molecule is CC(=O)O[C@@H](C)[C@H]1O[C@@H]1c1ccccc1. The van der Waals surface area contributed by atoms with Gasteiger partial charge in [0.1, 0.15) is 18.3 Å². The average molecular weight is 206 g/mol. The van der Waals surface area contributed by atoms with Gasteiger partial charge < -0.3 is 9.47 Å². The number of benzene rings is 1. The molecular weight excluding hydrogens is 192 g/mol. The fraction of sp³-hybridized carbons (Fsp3) is 0.417. The van der Waals surface area contributed by atoms with Gasteiger partial charge in [-0.1, -0.05) is 30.3 Å². The lowest BCUT2D eigenvalue weighted by Crippen LogP contribution is -2.18. The van der Waals surface area contributed by atoms with Crippen LogP contribution in [0.25, 0.3) is 0 Å². The van der Waals surface area contributed by atoms with E-state index in [2.05, 4.69) is 0 Å². The first-order chi connectivity index (χ1) is 7.18. The van der Waals surface area contributed by atoms with E-state index in [4.69, 9.17) is 9.47 Å². The van der Waals surface area contributed by atoms with E-state index in [-0.39, 0.29) is 24.3 Å². The lowest BCUT2D eigenvalue weighted by Gasteiger charge is -2.07. The Morgan fingerprint density at radius 2 is 2.07 bits per heavy atom. The Hall–Kier alpha value is -1.35. The highest BCUT2D eigenvalue weighted by Crippen LogP contribution is 2.41. The number of rotatable bonds is 3. The van der Waals surface area contributed by atoms with Crippen molar-refractivity contribution < 1.29 is 14.3 Å². The molecule has 15 heavy (non-hydrogen) atoms. The highest BCUT2D eigenvalue weighted by atomic mass is 16.6. The molecule has 2 rings (SSSR count). The van der Waals surface area contributed by atoms with Crippen molar-refractivity contribution in [3.63, 3.8) is 0 Å². The van der Waals surface area contributed by atoms with E-state index < -0.39 is 0 Å². The highest BCUT2D eigenvalue weighted by molar-refractivity contribution is 5.66. The van der Waals surface area contributed by atoms with Crippen molar-refractivity contribution in [3.8, 4) is 0 Å². The molecule has 1 heterocycles. The monoisotopic (exact) mass is 206 g/mol. The topological polar surface area (TPSA) is 38.8 Å². The first-order valence-electron chi connectivity index (χ1n) is 5.06. The summed E-state index contributed by atoms with van der Waals surface area (Å²) in [6.07, 6.45) is -0.0791. The third-order valence-electron chi connectivity index (χ3n) is 2.47. The zero-order valence-corrected chi connectivity index (χ0v) is 8.84. The number of ether oxygens (including phenoxy) is 2. The first kappa shape index (κ1) is 10.2. The lowest BCUT2D eigenvalue weighted by atomic mass is 10.1. The average Bonchev–Trinajstić information content (AvgIpc) is 2.97. The summed E-state index contributed by atoms with van der Waals surface area (Å²) in [5, 5.41) is 0. The summed E-state index contributed by atoms with van der Waals surface area (Å²) < 4.78 is 10.6. The largest absolute Gasteiger partial charge is 0.460 e. The molecule has 1 aliphatic heterocycles. The summed E-state index contributed by atoms with van der Waals surface area (Å²) in [5.74, 6) is -0.259. The van der Waals surface area contributed by atoms with Gasteiger partial charge in [0.25, 0.3) is 0 Å². The molecule has 1 saturated heterocycles. The Kier molecular flexibility index (Phi) is 2.73.